The molecule has 0 saturated carbocycles. The van der Waals surface area contributed by atoms with Crippen LogP contribution in [0.25, 0.3) is 0 Å². The lowest BCUT2D eigenvalue weighted by molar-refractivity contribution is -0.139. The summed E-state index contributed by atoms with van der Waals surface area (Å²) in [5.41, 5.74) is 5.07. The van der Waals surface area contributed by atoms with E-state index in [0.29, 0.717) is 34.7 Å². The fourth-order valence-electron chi connectivity index (χ4n) is 3.91. The van der Waals surface area contributed by atoms with Crippen LogP contribution in [0.4, 0.5) is 22.0 Å². The van der Waals surface area contributed by atoms with Crippen LogP contribution >= 0.6 is 53.7 Å². The number of methoxy groups -OCH3 is 1. The van der Waals surface area contributed by atoms with Crippen LogP contribution in [-0.4, -0.2) is 90.1 Å². The van der Waals surface area contributed by atoms with Crippen molar-refractivity contribution in [1.29, 1.82) is 0 Å². The van der Waals surface area contributed by atoms with E-state index in [1.54, 1.807) is 9.36 Å². The number of carboxylic acid groups (broad SMARTS) is 1. The molecule has 2 atom stereocenters. The van der Waals surface area contributed by atoms with Gasteiger partial charge in [0.1, 0.15) is 17.5 Å². The lowest BCUT2D eigenvalue weighted by Crippen LogP contribution is -2.31. The minimum Gasteiger partial charge on any atom is -0.480 e. The Hall–Kier alpha value is -3.06. The molecule has 16 nitrogen and oxygen atoms in total. The molecule has 0 radical (unpaired) electrons. The number of aliphatic carboxylic acids is 1. The van der Waals surface area contributed by atoms with E-state index < -0.39 is 31.2 Å². The highest BCUT2D eigenvalue weighted by atomic mass is 35.5. The third-order valence-corrected chi connectivity index (χ3v) is 9.86. The molecule has 284 valence electrons. The number of carboxylic acids is 1. The minimum absolute atomic E-state index is 0.0412. The zero-order valence-electron chi connectivity index (χ0n) is 29.0. The first-order valence-electron chi connectivity index (χ1n) is 15.5. The van der Waals surface area contributed by atoms with Crippen molar-refractivity contribution in [2.24, 2.45) is 10.7 Å². The number of nitrogens with zero attached hydrogens (tertiary/aromatic N) is 6. The van der Waals surface area contributed by atoms with Crippen molar-refractivity contribution >= 4 is 83.2 Å². The molecular weight excluding hydrogens is 771 g/mol. The molecule has 2 aromatic heterocycles. The first kappa shape index (κ1) is 44.1. The molecule has 0 fully saturated rings. The third-order valence-electron chi connectivity index (χ3n) is 6.28. The second-order valence-corrected chi connectivity index (χ2v) is 17.2. The standard InChI is InChI=1S/C15H15ClFN3O3S2.C9H16ClN5.C5H12NO4P/c1-23-13(21)8-24-12-7-11(10(17)6-9(12)16)18-14-19-4-2-3-5-20(19)15(22)25-14;1-5-11-7-12-6(10)13-8(14-7)15-9(2,3)4;1-11(9,10)3-2-4(6)5(7)8/h6-7H,2-5,8H2,1H3;5H2,1-4H3,(H2,11,12,13,14,15);4H,2-3,6H2,1H3,(H,7,8)(H,9,10)/b18-14-;;. The maximum atomic E-state index is 14.3. The highest BCUT2D eigenvalue weighted by Gasteiger charge is 2.18. The highest BCUT2D eigenvalue weighted by molar-refractivity contribution is 8.00. The van der Waals surface area contributed by atoms with Crippen LogP contribution in [0, 0.1) is 5.82 Å². The van der Waals surface area contributed by atoms with E-state index in [0.717, 1.165) is 48.6 Å². The Labute approximate surface area is 312 Å². The van der Waals surface area contributed by atoms with Gasteiger partial charge in [0.15, 0.2) is 7.37 Å². The van der Waals surface area contributed by atoms with Gasteiger partial charge in [-0.15, -0.1) is 11.8 Å². The summed E-state index contributed by atoms with van der Waals surface area (Å²) < 4.78 is 32.9. The largest absolute Gasteiger partial charge is 0.480 e. The third kappa shape index (κ3) is 16.0. The number of thioether (sulfide) groups is 1. The molecular formula is C29H43Cl2FN9O7PS2. The van der Waals surface area contributed by atoms with Gasteiger partial charge in [-0.25, -0.2) is 14.1 Å². The fraction of sp³-hybridized carbons (Fsp3) is 0.552. The summed E-state index contributed by atoms with van der Waals surface area (Å²) in [5.74, 6) is -1.09. The van der Waals surface area contributed by atoms with E-state index in [4.69, 9.17) is 38.9 Å². The Bertz CT molecular complexity index is 1830. The number of carbonyl (C=O) groups is 2. The van der Waals surface area contributed by atoms with E-state index in [9.17, 15) is 23.3 Å². The molecule has 1 aromatic carbocycles. The Kier molecular flexibility index (Phi) is 17.5. The highest BCUT2D eigenvalue weighted by Crippen LogP contribution is 2.36. The molecule has 4 rings (SSSR count). The number of halogens is 3. The number of fused-ring (bicyclic) bond motifs is 1. The summed E-state index contributed by atoms with van der Waals surface area (Å²) in [6, 6.07) is 1.61. The van der Waals surface area contributed by atoms with Crippen molar-refractivity contribution in [3.05, 3.63) is 42.7 Å². The summed E-state index contributed by atoms with van der Waals surface area (Å²) in [4.78, 5) is 59.5. The van der Waals surface area contributed by atoms with E-state index in [-0.39, 0.29) is 44.7 Å². The molecule has 2 unspecified atom stereocenters. The van der Waals surface area contributed by atoms with Crippen molar-refractivity contribution in [2.75, 3.05) is 42.9 Å². The second-order valence-electron chi connectivity index (χ2n) is 12.0. The van der Waals surface area contributed by atoms with Crippen molar-refractivity contribution < 1.29 is 33.3 Å². The van der Waals surface area contributed by atoms with Crippen LogP contribution in [0.2, 0.25) is 10.3 Å². The molecule has 0 amide bonds. The van der Waals surface area contributed by atoms with Gasteiger partial charge in [0, 0.05) is 42.9 Å². The SMILES string of the molecule is CCNc1nc(Cl)nc(NC(C)(C)C)n1.COC(=O)CSc1cc(/N=c2\sc(=O)n3n2CCCC3)c(F)cc1Cl.CP(=O)(O)CCC(N)C(=O)O. The molecule has 1 aliphatic rings. The van der Waals surface area contributed by atoms with Gasteiger partial charge in [-0.05, 0) is 82.0 Å². The molecule has 0 aliphatic carbocycles. The van der Waals surface area contributed by atoms with E-state index in [1.165, 1.54) is 19.8 Å². The van der Waals surface area contributed by atoms with Gasteiger partial charge in [0.25, 0.3) is 0 Å². The number of rotatable bonds is 11. The van der Waals surface area contributed by atoms with Crippen LogP contribution in [0.15, 0.2) is 26.8 Å². The fourth-order valence-corrected chi connectivity index (χ4v) is 6.82. The lowest BCUT2D eigenvalue weighted by Gasteiger charge is -2.20. The summed E-state index contributed by atoms with van der Waals surface area (Å²) in [7, 11) is -1.81. The smallest absolute Gasteiger partial charge is 0.325 e. The van der Waals surface area contributed by atoms with Crippen molar-refractivity contribution in [3.63, 3.8) is 0 Å². The average Bonchev–Trinajstić information content (AvgIpc) is 3.34. The van der Waals surface area contributed by atoms with Gasteiger partial charge in [-0.1, -0.05) is 11.6 Å². The van der Waals surface area contributed by atoms with Crippen LogP contribution in [-0.2, 0) is 32.0 Å². The number of carbonyl (C=O) groups excluding carboxylic acids is 1. The van der Waals surface area contributed by atoms with Gasteiger partial charge in [-0.3, -0.25) is 23.6 Å². The molecule has 0 saturated heterocycles. The Balaban J connectivity index is 0.000000296. The summed E-state index contributed by atoms with van der Waals surface area (Å²) in [6.45, 7) is 11.3. The topological polar surface area (TPSA) is 229 Å². The predicted molar refractivity (Wildman–Crippen MR) is 198 cm³/mol. The van der Waals surface area contributed by atoms with Crippen molar-refractivity contribution in [1.82, 2.24) is 24.3 Å². The zero-order chi connectivity index (χ0) is 38.5. The van der Waals surface area contributed by atoms with Crippen molar-refractivity contribution in [2.45, 2.75) is 76.5 Å². The normalized spacial score (nSPS) is 14.5. The van der Waals surface area contributed by atoms with E-state index in [1.807, 2.05) is 27.7 Å². The van der Waals surface area contributed by atoms with E-state index >= 15 is 0 Å². The molecule has 0 bridgehead atoms. The van der Waals surface area contributed by atoms with Gasteiger partial charge >= 0.3 is 16.8 Å². The van der Waals surface area contributed by atoms with E-state index in [2.05, 4.69) is 35.3 Å². The van der Waals surface area contributed by atoms with Crippen LogP contribution in [0.1, 0.15) is 47.0 Å². The molecule has 51 heavy (non-hydrogen) atoms. The number of benzene rings is 1. The van der Waals surface area contributed by atoms with Crippen molar-refractivity contribution in [3.8, 4) is 0 Å². The first-order valence-corrected chi connectivity index (χ1v) is 20.3. The minimum atomic E-state index is -3.10. The monoisotopic (exact) mass is 813 g/mol. The first-order chi connectivity index (χ1) is 23.7. The summed E-state index contributed by atoms with van der Waals surface area (Å²) >= 11 is 13.9. The molecule has 3 aromatic rings. The van der Waals surface area contributed by atoms with Gasteiger partial charge in [0.05, 0.1) is 17.9 Å². The quantitative estimate of drug-likeness (QED) is 0.101. The van der Waals surface area contributed by atoms with Gasteiger partial charge < -0.3 is 31.1 Å². The Morgan fingerprint density at radius 1 is 1.20 bits per heavy atom. The maximum absolute atomic E-state index is 14.3. The molecule has 1 aliphatic heterocycles. The molecule has 6 N–H and O–H groups in total. The van der Waals surface area contributed by atoms with Gasteiger partial charge in [-0.2, -0.15) is 15.0 Å². The van der Waals surface area contributed by atoms with Crippen LogP contribution < -0.4 is 26.0 Å². The number of aromatic nitrogens is 5. The number of nitrogens with two attached hydrogens (primary N) is 1. The number of esters is 1. The maximum Gasteiger partial charge on any atom is 0.325 e. The summed E-state index contributed by atoms with van der Waals surface area (Å²) in [5, 5.41) is 14.8. The zero-order valence-corrected chi connectivity index (χ0v) is 33.0. The van der Waals surface area contributed by atoms with Crippen LogP contribution in [0.5, 0.6) is 0 Å². The Morgan fingerprint density at radius 2 is 1.82 bits per heavy atom. The molecule has 22 heteroatoms. The number of anilines is 2. The predicted octanol–water partition coefficient (Wildman–Crippen LogP) is 4.65. The van der Waals surface area contributed by atoms with Gasteiger partial charge in [0.2, 0.25) is 22.0 Å². The average molecular weight is 815 g/mol. The number of ether oxygens (including phenoxy) is 1. The number of hydrogen-bond acceptors (Lipinski definition) is 14. The number of nitrogens with one attached hydrogen (secondary N) is 2. The van der Waals surface area contributed by atoms with Crippen LogP contribution in [0.3, 0.4) is 0 Å². The second kappa shape index (κ2) is 20.3. The number of hydrogen-bond donors (Lipinski definition) is 5. The summed E-state index contributed by atoms with van der Waals surface area (Å²) in [6.07, 6.45) is 1.90. The Morgan fingerprint density at radius 3 is 2.39 bits per heavy atom. The molecule has 0 spiro atoms. The molecule has 3 heterocycles. The lowest BCUT2D eigenvalue weighted by atomic mass is 10.1.